The summed E-state index contributed by atoms with van der Waals surface area (Å²) in [5, 5.41) is 40.0. The van der Waals surface area contributed by atoms with Crippen molar-refractivity contribution >= 4 is 0 Å². The van der Waals surface area contributed by atoms with E-state index in [2.05, 4.69) is 11.9 Å². The molecule has 0 aromatic heterocycles. The Hall–Kier alpha value is -0.500. The van der Waals surface area contributed by atoms with Gasteiger partial charge in [-0.3, -0.25) is 5.32 Å². The van der Waals surface area contributed by atoms with Crippen LogP contribution in [0.15, 0.2) is 12.7 Å². The molecule has 0 aromatic carbocycles. The molecule has 0 bridgehead atoms. The highest BCUT2D eigenvalue weighted by Crippen LogP contribution is 2.19. The smallest absolute Gasteiger partial charge is 0.137 e. The van der Waals surface area contributed by atoms with Crippen LogP contribution in [-0.2, 0) is 4.74 Å². The van der Waals surface area contributed by atoms with Crippen LogP contribution in [0.25, 0.3) is 0 Å². The fourth-order valence-electron chi connectivity index (χ4n) is 1.47. The zero-order valence-electron chi connectivity index (χ0n) is 8.28. The van der Waals surface area contributed by atoms with Crippen LogP contribution in [0.2, 0.25) is 0 Å². The van der Waals surface area contributed by atoms with Gasteiger partial charge in [-0.05, 0) is 0 Å². The Morgan fingerprint density at radius 3 is 2.40 bits per heavy atom. The molecule has 6 nitrogen and oxygen atoms in total. The fourth-order valence-corrected chi connectivity index (χ4v) is 1.47. The quantitative estimate of drug-likeness (QED) is 0.337. The number of hydrogen-bond acceptors (Lipinski definition) is 6. The third-order valence-corrected chi connectivity index (χ3v) is 2.36. The average Bonchev–Trinajstić information content (AvgIpc) is 2.25. The van der Waals surface area contributed by atoms with Gasteiger partial charge in [0.25, 0.3) is 0 Å². The van der Waals surface area contributed by atoms with Crippen molar-refractivity contribution in [2.45, 2.75) is 30.6 Å². The van der Waals surface area contributed by atoms with E-state index in [0.29, 0.717) is 6.54 Å². The van der Waals surface area contributed by atoms with Gasteiger partial charge in [-0.25, -0.2) is 0 Å². The predicted octanol–water partition coefficient (Wildman–Crippen LogP) is -2.44. The number of ether oxygens (including phenoxy) is 1. The van der Waals surface area contributed by atoms with Gasteiger partial charge in [0.15, 0.2) is 0 Å². The van der Waals surface area contributed by atoms with Crippen molar-refractivity contribution in [2.75, 3.05) is 13.2 Å². The van der Waals surface area contributed by atoms with Gasteiger partial charge in [-0.2, -0.15) is 0 Å². The molecule has 1 aliphatic heterocycles. The number of aliphatic hydroxyl groups excluding tert-OH is 4. The molecule has 15 heavy (non-hydrogen) atoms. The first kappa shape index (κ1) is 12.6. The van der Waals surface area contributed by atoms with Gasteiger partial charge in [0.2, 0.25) is 0 Å². The highest BCUT2D eigenvalue weighted by molar-refractivity contribution is 4.91. The molecule has 5 atom stereocenters. The lowest BCUT2D eigenvalue weighted by atomic mass is 9.98. The van der Waals surface area contributed by atoms with E-state index in [1.165, 1.54) is 0 Å². The summed E-state index contributed by atoms with van der Waals surface area (Å²) < 4.78 is 5.16. The minimum Gasteiger partial charge on any atom is -0.394 e. The Kier molecular flexibility index (Phi) is 4.65. The zero-order valence-corrected chi connectivity index (χ0v) is 8.28. The van der Waals surface area contributed by atoms with Crippen LogP contribution in [0, 0.1) is 0 Å². The summed E-state index contributed by atoms with van der Waals surface area (Å²) in [6.07, 6.45) is -4.00. The van der Waals surface area contributed by atoms with Crippen molar-refractivity contribution in [3.8, 4) is 0 Å². The van der Waals surface area contributed by atoms with E-state index < -0.39 is 37.3 Å². The molecule has 0 aliphatic carbocycles. The first-order valence-electron chi connectivity index (χ1n) is 4.76. The number of nitrogens with one attached hydrogen (secondary N) is 1. The maximum atomic E-state index is 9.53. The van der Waals surface area contributed by atoms with E-state index in [0.717, 1.165) is 0 Å². The Bertz CT molecular complexity index is 211. The Morgan fingerprint density at radius 1 is 1.20 bits per heavy atom. The molecular weight excluding hydrogens is 202 g/mol. The first-order valence-corrected chi connectivity index (χ1v) is 4.76. The van der Waals surface area contributed by atoms with Crippen LogP contribution >= 0.6 is 0 Å². The summed E-state index contributed by atoms with van der Waals surface area (Å²) in [5.74, 6) is 0. The van der Waals surface area contributed by atoms with Crippen LogP contribution in [0.1, 0.15) is 0 Å². The van der Waals surface area contributed by atoms with E-state index in [1.54, 1.807) is 6.08 Å². The van der Waals surface area contributed by atoms with E-state index in [4.69, 9.17) is 9.84 Å². The molecule has 1 fully saturated rings. The second-order valence-corrected chi connectivity index (χ2v) is 3.45. The zero-order chi connectivity index (χ0) is 11.4. The van der Waals surface area contributed by atoms with Gasteiger partial charge in [-0.1, -0.05) is 6.08 Å². The maximum absolute atomic E-state index is 9.53. The molecule has 1 rings (SSSR count). The lowest BCUT2D eigenvalue weighted by molar-refractivity contribution is -0.235. The van der Waals surface area contributed by atoms with Crippen LogP contribution in [0.4, 0.5) is 0 Å². The predicted molar refractivity (Wildman–Crippen MR) is 52.0 cm³/mol. The Morgan fingerprint density at radius 2 is 1.87 bits per heavy atom. The third kappa shape index (κ3) is 2.75. The van der Waals surface area contributed by atoms with Crippen molar-refractivity contribution in [3.63, 3.8) is 0 Å². The molecule has 0 radical (unpaired) electrons. The monoisotopic (exact) mass is 219 g/mol. The molecule has 6 heteroatoms. The molecule has 1 saturated heterocycles. The lowest BCUT2D eigenvalue weighted by Crippen LogP contribution is -2.62. The van der Waals surface area contributed by atoms with Crippen molar-refractivity contribution in [1.29, 1.82) is 0 Å². The van der Waals surface area contributed by atoms with E-state index in [-0.39, 0.29) is 0 Å². The minimum absolute atomic E-state index is 0.392. The third-order valence-electron chi connectivity index (χ3n) is 2.36. The van der Waals surface area contributed by atoms with Gasteiger partial charge in [0.05, 0.1) is 6.61 Å². The average molecular weight is 219 g/mol. The van der Waals surface area contributed by atoms with Crippen LogP contribution < -0.4 is 5.32 Å². The summed E-state index contributed by atoms with van der Waals surface area (Å²) in [7, 11) is 0. The molecule has 1 aliphatic rings. The van der Waals surface area contributed by atoms with Gasteiger partial charge >= 0.3 is 0 Å². The summed E-state index contributed by atoms with van der Waals surface area (Å²) in [6.45, 7) is 3.45. The van der Waals surface area contributed by atoms with Gasteiger partial charge in [0.1, 0.15) is 30.6 Å². The van der Waals surface area contributed by atoms with E-state index >= 15 is 0 Å². The SMILES string of the molecule is C=CCNC1O[C@H](CO)[C@@H](O)[C@H](O)[C@H]1O. The molecular formula is C9H17NO5. The lowest BCUT2D eigenvalue weighted by Gasteiger charge is -2.40. The fraction of sp³-hybridized carbons (Fsp3) is 0.778. The molecule has 1 unspecified atom stereocenters. The van der Waals surface area contributed by atoms with Crippen LogP contribution in [-0.4, -0.2) is 64.2 Å². The van der Waals surface area contributed by atoms with E-state index in [1.807, 2.05) is 0 Å². The molecule has 0 aromatic rings. The van der Waals surface area contributed by atoms with E-state index in [9.17, 15) is 15.3 Å². The minimum atomic E-state index is -1.33. The second kappa shape index (κ2) is 5.55. The summed E-state index contributed by atoms with van der Waals surface area (Å²) in [6, 6.07) is 0. The normalized spacial score (nSPS) is 41.5. The highest BCUT2D eigenvalue weighted by atomic mass is 16.6. The Labute approximate surface area is 87.8 Å². The van der Waals surface area contributed by atoms with Crippen molar-refractivity contribution < 1.29 is 25.2 Å². The number of aliphatic hydroxyl groups is 4. The first-order chi connectivity index (χ1) is 7.11. The topological polar surface area (TPSA) is 102 Å². The molecule has 88 valence electrons. The van der Waals surface area contributed by atoms with Gasteiger partial charge in [0, 0.05) is 6.54 Å². The van der Waals surface area contributed by atoms with Crippen molar-refractivity contribution in [1.82, 2.24) is 5.32 Å². The standard InChI is InChI=1S/C9H17NO5/c1-2-3-10-9-8(14)7(13)6(12)5(4-11)15-9/h2,5-14H,1,3-4H2/t5-,6-,7+,8-,9?/m1/s1. The van der Waals surface area contributed by atoms with Gasteiger partial charge < -0.3 is 25.2 Å². The maximum Gasteiger partial charge on any atom is 0.137 e. The molecule has 0 amide bonds. The molecule has 0 saturated carbocycles. The highest BCUT2D eigenvalue weighted by Gasteiger charge is 2.42. The van der Waals surface area contributed by atoms with Crippen molar-refractivity contribution in [3.05, 3.63) is 12.7 Å². The number of rotatable bonds is 4. The largest absolute Gasteiger partial charge is 0.394 e. The second-order valence-electron chi connectivity index (χ2n) is 3.45. The summed E-state index contributed by atoms with van der Waals surface area (Å²) in [4.78, 5) is 0. The van der Waals surface area contributed by atoms with Crippen LogP contribution in [0.3, 0.4) is 0 Å². The molecule has 0 spiro atoms. The molecule has 5 N–H and O–H groups in total. The Balaban J connectivity index is 2.60. The molecule has 1 heterocycles. The van der Waals surface area contributed by atoms with Crippen LogP contribution in [0.5, 0.6) is 0 Å². The van der Waals surface area contributed by atoms with Gasteiger partial charge in [-0.15, -0.1) is 6.58 Å². The summed E-state index contributed by atoms with van der Waals surface area (Å²) in [5.41, 5.74) is 0. The van der Waals surface area contributed by atoms with Crippen molar-refractivity contribution in [2.24, 2.45) is 0 Å². The summed E-state index contributed by atoms with van der Waals surface area (Å²) >= 11 is 0. The number of hydrogen-bond donors (Lipinski definition) is 5.